The van der Waals surface area contributed by atoms with E-state index < -0.39 is 0 Å². The molecule has 0 bridgehead atoms. The molecule has 0 saturated heterocycles. The number of hydrogen-bond acceptors (Lipinski definition) is 0. The molecule has 0 aromatic heterocycles. The molecule has 0 aliphatic heterocycles. The molecule has 15 heavy (non-hydrogen) atoms. The largest absolute Gasteiger partial charge is 0.251 e. The summed E-state index contributed by atoms with van der Waals surface area (Å²) >= 11 is 0. The average molecular weight is 214 g/mol. The summed E-state index contributed by atoms with van der Waals surface area (Å²) < 4.78 is 12.4. The van der Waals surface area contributed by atoms with Crippen LogP contribution in [-0.4, -0.2) is 6.67 Å². The van der Waals surface area contributed by atoms with Crippen molar-refractivity contribution in [2.45, 2.75) is 60.3 Å². The van der Waals surface area contributed by atoms with Crippen LogP contribution in [0.25, 0.3) is 0 Å². The van der Waals surface area contributed by atoms with Crippen LogP contribution in [0, 0.1) is 11.8 Å². The fourth-order valence-electron chi connectivity index (χ4n) is 1.91. The number of alkyl halides is 1. The van der Waals surface area contributed by atoms with Crippen molar-refractivity contribution in [3.05, 3.63) is 11.1 Å². The fraction of sp³-hybridized carbons (Fsp3) is 0.857. The van der Waals surface area contributed by atoms with Crippen LogP contribution in [0.4, 0.5) is 4.39 Å². The molecule has 0 aromatic carbocycles. The Labute approximate surface area is 95.0 Å². The normalized spacial score (nSPS) is 17.2. The van der Waals surface area contributed by atoms with Gasteiger partial charge in [-0.3, -0.25) is 4.39 Å². The van der Waals surface area contributed by atoms with Crippen molar-refractivity contribution in [1.82, 2.24) is 0 Å². The molecule has 0 N–H and O–H groups in total. The number of hydrogen-bond donors (Lipinski definition) is 0. The smallest absolute Gasteiger partial charge is 0.0923 e. The van der Waals surface area contributed by atoms with Crippen molar-refractivity contribution < 1.29 is 4.39 Å². The van der Waals surface area contributed by atoms with Crippen LogP contribution in [0.5, 0.6) is 0 Å². The molecule has 90 valence electrons. The molecule has 0 aliphatic carbocycles. The lowest BCUT2D eigenvalue weighted by molar-refractivity contribution is 0.379. The SMILES string of the molecule is CC/C(CC(C)CC)=C(/C)C[C@@H](C)CF. The summed E-state index contributed by atoms with van der Waals surface area (Å²) in [5, 5.41) is 0. The van der Waals surface area contributed by atoms with E-state index in [9.17, 15) is 4.39 Å². The number of rotatable bonds is 7. The Morgan fingerprint density at radius 2 is 1.67 bits per heavy atom. The van der Waals surface area contributed by atoms with Gasteiger partial charge in [-0.1, -0.05) is 45.3 Å². The van der Waals surface area contributed by atoms with Gasteiger partial charge in [0.05, 0.1) is 6.67 Å². The predicted octanol–water partition coefficient (Wildman–Crippen LogP) is 5.14. The van der Waals surface area contributed by atoms with Gasteiger partial charge >= 0.3 is 0 Å². The first-order chi connectivity index (χ1) is 7.04. The third-order valence-electron chi connectivity index (χ3n) is 3.24. The second kappa shape index (κ2) is 7.90. The summed E-state index contributed by atoms with van der Waals surface area (Å²) in [5.41, 5.74) is 2.97. The highest BCUT2D eigenvalue weighted by molar-refractivity contribution is 5.12. The Hall–Kier alpha value is -0.330. The minimum Gasteiger partial charge on any atom is -0.251 e. The maximum absolute atomic E-state index is 12.4. The zero-order chi connectivity index (χ0) is 11.8. The lowest BCUT2D eigenvalue weighted by Crippen LogP contribution is -2.02. The van der Waals surface area contributed by atoms with Crippen molar-refractivity contribution in [2.75, 3.05) is 6.67 Å². The van der Waals surface area contributed by atoms with Crippen LogP contribution >= 0.6 is 0 Å². The van der Waals surface area contributed by atoms with Crippen LogP contribution in [0.2, 0.25) is 0 Å². The van der Waals surface area contributed by atoms with E-state index >= 15 is 0 Å². The van der Waals surface area contributed by atoms with Crippen LogP contribution in [0.15, 0.2) is 11.1 Å². The van der Waals surface area contributed by atoms with Crippen molar-refractivity contribution in [1.29, 1.82) is 0 Å². The van der Waals surface area contributed by atoms with Crippen molar-refractivity contribution in [2.24, 2.45) is 11.8 Å². The highest BCUT2D eigenvalue weighted by atomic mass is 19.1. The van der Waals surface area contributed by atoms with Crippen LogP contribution in [0.1, 0.15) is 60.3 Å². The molecule has 0 heterocycles. The Bertz CT molecular complexity index is 194. The standard InChI is InChI=1S/C14H27F/c1-6-11(3)9-14(7-2)13(5)8-12(4)10-15/h11-12H,6-10H2,1-5H3/b14-13+/t11?,12-/m1/s1. The summed E-state index contributed by atoms with van der Waals surface area (Å²) in [5.74, 6) is 0.944. The molecule has 0 aliphatic rings. The maximum Gasteiger partial charge on any atom is 0.0923 e. The van der Waals surface area contributed by atoms with Crippen LogP contribution in [0.3, 0.4) is 0 Å². The summed E-state index contributed by atoms with van der Waals surface area (Å²) in [4.78, 5) is 0. The maximum atomic E-state index is 12.4. The molecule has 0 spiro atoms. The minimum absolute atomic E-state index is 0.184. The summed E-state index contributed by atoms with van der Waals surface area (Å²) in [7, 11) is 0. The van der Waals surface area contributed by atoms with Gasteiger partial charge in [-0.15, -0.1) is 0 Å². The molecule has 2 atom stereocenters. The van der Waals surface area contributed by atoms with E-state index in [0.29, 0.717) is 0 Å². The summed E-state index contributed by atoms with van der Waals surface area (Å²) in [6.07, 6.45) is 4.47. The number of halogens is 1. The quantitative estimate of drug-likeness (QED) is 0.514. The van der Waals surface area contributed by atoms with Gasteiger partial charge in [0.15, 0.2) is 0 Å². The molecule has 1 unspecified atom stereocenters. The van der Waals surface area contributed by atoms with Crippen LogP contribution < -0.4 is 0 Å². The second-order valence-electron chi connectivity index (χ2n) is 4.92. The lowest BCUT2D eigenvalue weighted by atomic mass is 9.90. The third-order valence-corrected chi connectivity index (χ3v) is 3.24. The molecular formula is C14H27F. The topological polar surface area (TPSA) is 0 Å². The fourth-order valence-corrected chi connectivity index (χ4v) is 1.91. The molecule has 0 nitrogen and oxygen atoms in total. The first-order valence-electron chi connectivity index (χ1n) is 6.28. The van der Waals surface area contributed by atoms with Gasteiger partial charge < -0.3 is 0 Å². The zero-order valence-electron chi connectivity index (χ0n) is 11.1. The Morgan fingerprint density at radius 1 is 1.07 bits per heavy atom. The first kappa shape index (κ1) is 14.7. The second-order valence-corrected chi connectivity index (χ2v) is 4.92. The van der Waals surface area contributed by atoms with Gasteiger partial charge in [-0.25, -0.2) is 0 Å². The summed E-state index contributed by atoms with van der Waals surface area (Å²) in [6.45, 7) is 10.7. The van der Waals surface area contributed by atoms with E-state index in [2.05, 4.69) is 27.7 Å². The van der Waals surface area contributed by atoms with Crippen molar-refractivity contribution >= 4 is 0 Å². The average Bonchev–Trinajstić information content (AvgIpc) is 2.24. The summed E-state index contributed by atoms with van der Waals surface area (Å²) in [6, 6.07) is 0. The van der Waals surface area contributed by atoms with E-state index in [-0.39, 0.29) is 12.6 Å². The van der Waals surface area contributed by atoms with Gasteiger partial charge in [0.25, 0.3) is 0 Å². The highest BCUT2D eigenvalue weighted by Crippen LogP contribution is 2.24. The molecule has 0 aromatic rings. The lowest BCUT2D eigenvalue weighted by Gasteiger charge is -2.16. The highest BCUT2D eigenvalue weighted by Gasteiger charge is 2.08. The third kappa shape index (κ3) is 5.96. The van der Waals surface area contributed by atoms with Crippen molar-refractivity contribution in [3.8, 4) is 0 Å². The van der Waals surface area contributed by atoms with E-state index in [1.54, 1.807) is 5.57 Å². The molecular weight excluding hydrogens is 187 g/mol. The Morgan fingerprint density at radius 3 is 2.07 bits per heavy atom. The zero-order valence-corrected chi connectivity index (χ0v) is 11.1. The number of allylic oxidation sites excluding steroid dienone is 2. The Balaban J connectivity index is 4.38. The van der Waals surface area contributed by atoms with E-state index in [4.69, 9.17) is 0 Å². The van der Waals surface area contributed by atoms with Gasteiger partial charge in [-0.2, -0.15) is 0 Å². The molecule has 0 amide bonds. The van der Waals surface area contributed by atoms with E-state index in [1.807, 2.05) is 6.92 Å². The van der Waals surface area contributed by atoms with Gasteiger partial charge in [0, 0.05) is 0 Å². The molecule has 0 radical (unpaired) electrons. The van der Waals surface area contributed by atoms with Crippen LogP contribution in [-0.2, 0) is 0 Å². The monoisotopic (exact) mass is 214 g/mol. The molecule has 0 fully saturated rings. The van der Waals surface area contributed by atoms with Crippen molar-refractivity contribution in [3.63, 3.8) is 0 Å². The van der Waals surface area contributed by atoms with Gasteiger partial charge in [0.1, 0.15) is 0 Å². The predicted molar refractivity (Wildman–Crippen MR) is 66.8 cm³/mol. The molecule has 1 heteroatoms. The Kier molecular flexibility index (Phi) is 7.72. The molecule has 0 saturated carbocycles. The minimum atomic E-state index is -0.197. The van der Waals surface area contributed by atoms with Gasteiger partial charge in [-0.05, 0) is 38.0 Å². The van der Waals surface area contributed by atoms with E-state index in [1.165, 1.54) is 18.4 Å². The van der Waals surface area contributed by atoms with E-state index in [0.717, 1.165) is 18.8 Å². The first-order valence-corrected chi connectivity index (χ1v) is 6.28. The van der Waals surface area contributed by atoms with Gasteiger partial charge in [0.2, 0.25) is 0 Å². The molecule has 0 rings (SSSR count).